The largest absolute Gasteiger partial charge is 0.420 e. The SMILES string of the molecule is Cc1[nH]nc2c1[C@]1(C(=O)N(Cc3cccc(F)c3)c3ccccc31)C(C#N)=C(N)O2. The Labute approximate surface area is 171 Å². The number of aryl methyl sites for hydroxylation is 1. The van der Waals surface area contributed by atoms with Gasteiger partial charge in [-0.05, 0) is 30.7 Å². The van der Waals surface area contributed by atoms with Gasteiger partial charge in [0.05, 0.1) is 12.1 Å². The number of nitrogens with one attached hydrogen (secondary N) is 1. The molecule has 0 radical (unpaired) electrons. The van der Waals surface area contributed by atoms with E-state index in [1.54, 1.807) is 42.2 Å². The zero-order valence-corrected chi connectivity index (χ0v) is 15.9. The van der Waals surface area contributed by atoms with E-state index >= 15 is 0 Å². The number of nitriles is 1. The van der Waals surface area contributed by atoms with Crippen molar-refractivity contribution in [3.05, 3.63) is 88.2 Å². The third-order valence-corrected chi connectivity index (χ3v) is 5.62. The van der Waals surface area contributed by atoms with Gasteiger partial charge in [0.1, 0.15) is 22.9 Å². The highest BCUT2D eigenvalue weighted by molar-refractivity contribution is 6.14. The zero-order valence-electron chi connectivity index (χ0n) is 15.9. The highest BCUT2D eigenvalue weighted by Crippen LogP contribution is 2.55. The summed E-state index contributed by atoms with van der Waals surface area (Å²) < 4.78 is 19.3. The number of nitrogens with two attached hydrogens (primary N) is 1. The van der Waals surface area contributed by atoms with Crippen molar-refractivity contribution in [3.63, 3.8) is 0 Å². The molecule has 7 nitrogen and oxygen atoms in total. The second kappa shape index (κ2) is 6.19. The van der Waals surface area contributed by atoms with Crippen LogP contribution in [0.2, 0.25) is 0 Å². The molecule has 0 saturated carbocycles. The summed E-state index contributed by atoms with van der Waals surface area (Å²) in [6.45, 7) is 1.90. The number of ether oxygens (including phenoxy) is 1. The van der Waals surface area contributed by atoms with Crippen LogP contribution in [0.5, 0.6) is 5.88 Å². The lowest BCUT2D eigenvalue weighted by Gasteiger charge is -2.32. The van der Waals surface area contributed by atoms with Gasteiger partial charge >= 0.3 is 0 Å². The number of aromatic nitrogens is 2. The summed E-state index contributed by atoms with van der Waals surface area (Å²) in [6.07, 6.45) is 0. The van der Waals surface area contributed by atoms with Gasteiger partial charge in [-0.2, -0.15) is 5.26 Å². The topological polar surface area (TPSA) is 108 Å². The first-order valence-corrected chi connectivity index (χ1v) is 9.28. The smallest absolute Gasteiger partial charge is 0.248 e. The molecule has 30 heavy (non-hydrogen) atoms. The number of amides is 1. The molecule has 5 rings (SSSR count). The Kier molecular flexibility index (Phi) is 3.70. The van der Waals surface area contributed by atoms with Crippen LogP contribution in [0.3, 0.4) is 0 Å². The molecule has 8 heteroatoms. The second-order valence-electron chi connectivity index (χ2n) is 7.27. The summed E-state index contributed by atoms with van der Waals surface area (Å²) in [7, 11) is 0. The highest BCUT2D eigenvalue weighted by atomic mass is 19.1. The fourth-order valence-corrected chi connectivity index (χ4v) is 4.44. The predicted octanol–water partition coefficient (Wildman–Crippen LogP) is 2.78. The Hall–Kier alpha value is -4.12. The van der Waals surface area contributed by atoms with Crippen molar-refractivity contribution < 1.29 is 13.9 Å². The molecule has 2 aromatic carbocycles. The number of aromatic amines is 1. The molecule has 3 N–H and O–H groups in total. The number of benzene rings is 2. The number of H-pyrrole nitrogens is 1. The van der Waals surface area contributed by atoms with Crippen LogP contribution in [0.4, 0.5) is 10.1 Å². The molecular formula is C22H16FN5O2. The van der Waals surface area contributed by atoms with Crippen LogP contribution in [0.1, 0.15) is 22.4 Å². The van der Waals surface area contributed by atoms with Gasteiger partial charge < -0.3 is 15.4 Å². The maximum atomic E-state index is 14.1. The van der Waals surface area contributed by atoms with E-state index in [1.807, 2.05) is 6.07 Å². The molecule has 0 bridgehead atoms. The Morgan fingerprint density at radius 3 is 2.87 bits per heavy atom. The normalized spacial score (nSPS) is 19.5. The lowest BCUT2D eigenvalue weighted by atomic mass is 9.69. The Bertz CT molecular complexity index is 1290. The molecule has 3 heterocycles. The summed E-state index contributed by atoms with van der Waals surface area (Å²) in [5.74, 6) is -0.739. The van der Waals surface area contributed by atoms with Gasteiger partial charge in [-0.25, -0.2) is 4.39 Å². The predicted molar refractivity (Wildman–Crippen MR) is 106 cm³/mol. The summed E-state index contributed by atoms with van der Waals surface area (Å²) in [4.78, 5) is 15.6. The average Bonchev–Trinajstić information content (AvgIpc) is 3.20. The van der Waals surface area contributed by atoms with Gasteiger partial charge in [-0.1, -0.05) is 30.3 Å². The van der Waals surface area contributed by atoms with E-state index in [2.05, 4.69) is 16.3 Å². The van der Waals surface area contributed by atoms with Crippen LogP contribution in [0, 0.1) is 24.1 Å². The summed E-state index contributed by atoms with van der Waals surface area (Å²) in [5.41, 5.74) is 7.53. The molecule has 1 spiro atoms. The van der Waals surface area contributed by atoms with Crippen molar-refractivity contribution in [2.75, 3.05) is 4.90 Å². The molecule has 1 aromatic heterocycles. The number of carbonyl (C=O) groups excluding carboxylic acids is 1. The number of halogens is 1. The number of fused-ring (bicyclic) bond motifs is 4. The standard InChI is InChI=1S/C22H16FN5O2/c1-12-18-20(27-26-12)30-19(25)16(10-24)22(18)15-7-2-3-8-17(15)28(21(22)29)11-13-5-4-6-14(23)9-13/h2-9H,11,25H2,1H3,(H,26,27)/t22-/m1/s1. The molecule has 3 aromatic rings. The van der Waals surface area contributed by atoms with Gasteiger partial charge in [0.25, 0.3) is 0 Å². The maximum absolute atomic E-state index is 14.1. The van der Waals surface area contributed by atoms with E-state index in [1.165, 1.54) is 12.1 Å². The number of carbonyl (C=O) groups is 1. The Morgan fingerprint density at radius 1 is 1.30 bits per heavy atom. The van der Waals surface area contributed by atoms with Gasteiger partial charge in [-0.3, -0.25) is 9.89 Å². The number of para-hydroxylation sites is 1. The van der Waals surface area contributed by atoms with Crippen molar-refractivity contribution >= 4 is 11.6 Å². The van der Waals surface area contributed by atoms with Crippen molar-refractivity contribution in [3.8, 4) is 11.9 Å². The van der Waals surface area contributed by atoms with Crippen LogP contribution >= 0.6 is 0 Å². The van der Waals surface area contributed by atoms with E-state index in [-0.39, 0.29) is 35.6 Å². The fraction of sp³-hybridized carbons (Fsp3) is 0.136. The van der Waals surface area contributed by atoms with Crippen molar-refractivity contribution in [1.82, 2.24) is 10.2 Å². The minimum absolute atomic E-state index is 0.0127. The van der Waals surface area contributed by atoms with Crippen molar-refractivity contribution in [1.29, 1.82) is 5.26 Å². The monoisotopic (exact) mass is 401 g/mol. The number of nitrogens with zero attached hydrogens (tertiary/aromatic N) is 3. The van der Waals surface area contributed by atoms with Crippen LogP contribution in [-0.2, 0) is 16.8 Å². The lowest BCUT2D eigenvalue weighted by Crippen LogP contribution is -2.45. The summed E-state index contributed by atoms with van der Waals surface area (Å²) in [5, 5.41) is 16.9. The zero-order chi connectivity index (χ0) is 21.0. The minimum Gasteiger partial charge on any atom is -0.420 e. The first-order valence-electron chi connectivity index (χ1n) is 9.28. The van der Waals surface area contributed by atoms with E-state index in [9.17, 15) is 14.4 Å². The molecule has 2 aliphatic rings. The number of rotatable bonds is 2. The second-order valence-corrected chi connectivity index (χ2v) is 7.27. The van der Waals surface area contributed by atoms with Crippen LogP contribution < -0.4 is 15.4 Å². The first kappa shape index (κ1) is 17.9. The van der Waals surface area contributed by atoms with E-state index < -0.39 is 5.41 Å². The van der Waals surface area contributed by atoms with E-state index in [4.69, 9.17) is 10.5 Å². The van der Waals surface area contributed by atoms with E-state index in [0.29, 0.717) is 28.1 Å². The third-order valence-electron chi connectivity index (χ3n) is 5.62. The Morgan fingerprint density at radius 2 is 2.10 bits per heavy atom. The minimum atomic E-state index is -1.48. The number of hydrogen-bond donors (Lipinski definition) is 2. The Balaban J connectivity index is 1.78. The summed E-state index contributed by atoms with van der Waals surface area (Å²) >= 11 is 0. The number of hydrogen-bond acceptors (Lipinski definition) is 5. The highest BCUT2D eigenvalue weighted by Gasteiger charge is 2.60. The molecule has 0 fully saturated rings. The fourth-order valence-electron chi connectivity index (χ4n) is 4.44. The van der Waals surface area contributed by atoms with Crippen LogP contribution in [-0.4, -0.2) is 16.1 Å². The van der Waals surface area contributed by atoms with Gasteiger partial charge in [0.2, 0.25) is 17.7 Å². The summed E-state index contributed by atoms with van der Waals surface area (Å²) in [6, 6.07) is 15.4. The van der Waals surface area contributed by atoms with Gasteiger partial charge in [0.15, 0.2) is 0 Å². The van der Waals surface area contributed by atoms with Crippen molar-refractivity contribution in [2.45, 2.75) is 18.9 Å². The molecule has 2 aliphatic heterocycles. The third kappa shape index (κ3) is 2.17. The quantitative estimate of drug-likeness (QED) is 0.687. The molecule has 148 valence electrons. The average molecular weight is 401 g/mol. The molecule has 1 amide bonds. The molecule has 1 atom stereocenters. The molecule has 0 saturated heterocycles. The van der Waals surface area contributed by atoms with E-state index in [0.717, 1.165) is 0 Å². The lowest BCUT2D eigenvalue weighted by molar-refractivity contribution is -0.121. The van der Waals surface area contributed by atoms with Gasteiger partial charge in [0, 0.05) is 16.9 Å². The maximum Gasteiger partial charge on any atom is 0.248 e. The van der Waals surface area contributed by atoms with Gasteiger partial charge in [-0.15, -0.1) is 5.10 Å². The van der Waals surface area contributed by atoms with Crippen molar-refractivity contribution in [2.24, 2.45) is 5.73 Å². The molecule has 0 aliphatic carbocycles. The number of anilines is 1. The first-order chi connectivity index (χ1) is 14.5. The molecule has 0 unspecified atom stereocenters. The van der Waals surface area contributed by atoms with Crippen LogP contribution in [0.15, 0.2) is 60.0 Å². The van der Waals surface area contributed by atoms with Crippen LogP contribution in [0.25, 0.3) is 0 Å². The molecular weight excluding hydrogens is 385 g/mol.